The number of fused-ring (bicyclic) bond motifs is 14. The maximum absolute atomic E-state index is 6.66. The smallest absolute Gasteiger partial charge is 0.160 e. The predicted octanol–water partition coefficient (Wildman–Crippen LogP) is 13.0. The molecule has 0 radical (unpaired) electrons. The van der Waals surface area contributed by atoms with E-state index in [0.717, 1.165) is 60.9 Å². The summed E-state index contributed by atoms with van der Waals surface area (Å²) >= 11 is 1.77. The third-order valence-corrected chi connectivity index (χ3v) is 12.5. The quantitative estimate of drug-likeness (QED) is 0.181. The van der Waals surface area contributed by atoms with Crippen LogP contribution >= 0.6 is 11.3 Å². The van der Waals surface area contributed by atoms with Crippen molar-refractivity contribution in [2.45, 2.75) is 5.41 Å². The van der Waals surface area contributed by atoms with Crippen LogP contribution in [0.2, 0.25) is 0 Å². The molecule has 2 aliphatic rings. The lowest BCUT2D eigenvalue weighted by Crippen LogP contribution is -2.32. The summed E-state index contributed by atoms with van der Waals surface area (Å²) < 4.78 is 8.97. The molecule has 0 fully saturated rings. The van der Waals surface area contributed by atoms with Gasteiger partial charge in [0.05, 0.1) is 21.3 Å². The molecule has 8 aromatic carbocycles. The summed E-state index contributed by atoms with van der Waals surface area (Å²) in [6.07, 6.45) is 0. The minimum Gasteiger partial charge on any atom is -0.457 e. The molecule has 12 rings (SSSR count). The lowest BCUT2D eigenvalue weighted by atomic mass is 9.65. The number of hydrogen-bond donors (Lipinski definition) is 0. The monoisotopic (exact) mass is 692 g/mol. The van der Waals surface area contributed by atoms with Crippen molar-refractivity contribution in [1.82, 2.24) is 9.97 Å². The van der Waals surface area contributed by atoms with Crippen LogP contribution in [0.25, 0.3) is 75.6 Å². The zero-order valence-electron chi connectivity index (χ0n) is 28.4. The van der Waals surface area contributed by atoms with E-state index < -0.39 is 5.41 Å². The van der Waals surface area contributed by atoms with Crippen LogP contribution in [0.1, 0.15) is 22.3 Å². The van der Waals surface area contributed by atoms with Gasteiger partial charge in [0.25, 0.3) is 0 Å². The van der Waals surface area contributed by atoms with Crippen LogP contribution in [0.3, 0.4) is 0 Å². The van der Waals surface area contributed by atoms with Gasteiger partial charge in [-0.3, -0.25) is 0 Å². The Morgan fingerprint density at radius 3 is 1.87 bits per heavy atom. The second-order valence-corrected chi connectivity index (χ2v) is 15.1. The molecule has 246 valence electrons. The van der Waals surface area contributed by atoms with Gasteiger partial charge < -0.3 is 4.74 Å². The number of ether oxygens (including phenoxy) is 1. The molecule has 0 saturated heterocycles. The second-order valence-electron chi connectivity index (χ2n) is 14.1. The fourth-order valence-electron chi connectivity index (χ4n) is 8.97. The van der Waals surface area contributed by atoms with Crippen molar-refractivity contribution in [3.63, 3.8) is 0 Å². The van der Waals surface area contributed by atoms with Crippen LogP contribution in [0, 0.1) is 0 Å². The molecule has 0 bridgehead atoms. The van der Waals surface area contributed by atoms with Crippen molar-refractivity contribution in [2.75, 3.05) is 0 Å². The zero-order valence-corrected chi connectivity index (χ0v) is 29.2. The Bertz CT molecular complexity index is 3130. The number of aromatic nitrogens is 2. The number of hydrogen-bond acceptors (Lipinski definition) is 4. The fourth-order valence-corrected chi connectivity index (χ4v) is 10.1. The van der Waals surface area contributed by atoms with Gasteiger partial charge in [-0.05, 0) is 86.3 Å². The molecule has 4 heteroatoms. The van der Waals surface area contributed by atoms with Crippen LogP contribution in [0.5, 0.6) is 11.5 Å². The SMILES string of the molecule is c1ccc2c(c1)Oc1ccccc1C21c2cc(-c3nc(-c4ccc5ccccc5c4)nc4c3sc3ccccc34)ccc2-c2cc3ccccc3cc21. The number of benzene rings is 8. The fraction of sp³-hybridized carbons (Fsp3) is 0.0204. The molecular formula is C49H28N2OS. The topological polar surface area (TPSA) is 35.0 Å². The zero-order chi connectivity index (χ0) is 34.7. The van der Waals surface area contributed by atoms with Crippen molar-refractivity contribution < 1.29 is 4.74 Å². The number of para-hydroxylation sites is 2. The van der Waals surface area contributed by atoms with Gasteiger partial charge >= 0.3 is 0 Å². The number of rotatable bonds is 2. The van der Waals surface area contributed by atoms with Crippen LogP contribution < -0.4 is 4.74 Å². The average molecular weight is 693 g/mol. The Morgan fingerprint density at radius 2 is 1.08 bits per heavy atom. The van der Waals surface area contributed by atoms with Crippen LogP contribution in [0.15, 0.2) is 170 Å². The largest absolute Gasteiger partial charge is 0.457 e. The first-order valence-electron chi connectivity index (χ1n) is 18.0. The van der Waals surface area contributed by atoms with E-state index in [9.17, 15) is 0 Å². The molecule has 1 spiro atoms. The van der Waals surface area contributed by atoms with Gasteiger partial charge in [0.2, 0.25) is 0 Å². The van der Waals surface area contributed by atoms with E-state index >= 15 is 0 Å². The highest BCUT2D eigenvalue weighted by atomic mass is 32.1. The lowest BCUT2D eigenvalue weighted by molar-refractivity contribution is 0.436. The molecule has 0 N–H and O–H groups in total. The van der Waals surface area contributed by atoms with Gasteiger partial charge in [0.15, 0.2) is 5.82 Å². The van der Waals surface area contributed by atoms with Crippen LogP contribution in [0.4, 0.5) is 0 Å². The highest BCUT2D eigenvalue weighted by Crippen LogP contribution is 2.63. The molecule has 0 atom stereocenters. The minimum atomic E-state index is -0.594. The van der Waals surface area contributed by atoms with Crippen molar-refractivity contribution in [3.8, 4) is 45.3 Å². The standard InChI is InChI=1S/C49H28N2OS/c1-2-12-30-25-34(22-21-29(30)11-1)48-50-45(47-46(51-48)36-15-5-10-20-44(36)53-47)33-23-24-35-37-26-31-13-3-4-14-32(31)27-41(37)49(40(35)28-33)38-16-6-8-18-42(38)52-43-19-9-7-17-39(43)49/h1-28H. The maximum Gasteiger partial charge on any atom is 0.160 e. The second kappa shape index (κ2) is 10.7. The summed E-state index contributed by atoms with van der Waals surface area (Å²) in [6, 6.07) is 61.2. The van der Waals surface area contributed by atoms with E-state index in [4.69, 9.17) is 14.7 Å². The predicted molar refractivity (Wildman–Crippen MR) is 218 cm³/mol. The van der Waals surface area contributed by atoms with Gasteiger partial charge in [-0.2, -0.15) is 0 Å². The van der Waals surface area contributed by atoms with Crippen molar-refractivity contribution >= 4 is 53.2 Å². The summed E-state index contributed by atoms with van der Waals surface area (Å²) in [6.45, 7) is 0. The van der Waals surface area contributed by atoms with Crippen molar-refractivity contribution in [3.05, 3.63) is 192 Å². The van der Waals surface area contributed by atoms with Crippen molar-refractivity contribution in [1.29, 1.82) is 0 Å². The highest BCUT2D eigenvalue weighted by molar-refractivity contribution is 7.26. The molecule has 0 amide bonds. The lowest BCUT2D eigenvalue weighted by Gasteiger charge is -2.39. The van der Waals surface area contributed by atoms with Gasteiger partial charge in [-0.1, -0.05) is 127 Å². The Kier molecular flexibility index (Phi) is 5.86. The van der Waals surface area contributed by atoms with E-state index in [1.165, 1.54) is 48.5 Å². The van der Waals surface area contributed by atoms with E-state index in [1.807, 2.05) is 0 Å². The third kappa shape index (κ3) is 3.99. The first kappa shape index (κ1) is 29.0. The molecular weight excluding hydrogens is 665 g/mol. The highest BCUT2D eigenvalue weighted by Gasteiger charge is 2.51. The first-order chi connectivity index (χ1) is 26.2. The van der Waals surface area contributed by atoms with Gasteiger partial charge in [0, 0.05) is 32.3 Å². The molecule has 2 aromatic heterocycles. The van der Waals surface area contributed by atoms with Crippen molar-refractivity contribution in [2.24, 2.45) is 0 Å². The number of nitrogens with zero attached hydrogens (tertiary/aromatic N) is 2. The molecule has 1 aliphatic carbocycles. The average Bonchev–Trinajstić information content (AvgIpc) is 3.73. The Morgan fingerprint density at radius 1 is 0.453 bits per heavy atom. The van der Waals surface area contributed by atoms with E-state index in [2.05, 4.69) is 170 Å². The summed E-state index contributed by atoms with van der Waals surface area (Å²) in [5.41, 5.74) is 10.7. The summed E-state index contributed by atoms with van der Waals surface area (Å²) in [5, 5.41) is 5.98. The van der Waals surface area contributed by atoms with Gasteiger partial charge in [-0.15, -0.1) is 11.3 Å². The molecule has 3 heterocycles. The molecule has 0 unspecified atom stereocenters. The van der Waals surface area contributed by atoms with Gasteiger partial charge in [0.1, 0.15) is 11.5 Å². The normalized spacial score (nSPS) is 13.6. The third-order valence-electron chi connectivity index (χ3n) is 11.3. The summed E-state index contributed by atoms with van der Waals surface area (Å²) in [5.74, 6) is 2.50. The van der Waals surface area contributed by atoms with Gasteiger partial charge in [-0.25, -0.2) is 9.97 Å². The van der Waals surface area contributed by atoms with Crippen LogP contribution in [-0.2, 0) is 5.41 Å². The van der Waals surface area contributed by atoms with E-state index in [0.29, 0.717) is 0 Å². The number of thiophene rings is 1. The molecule has 3 nitrogen and oxygen atoms in total. The Labute approximate surface area is 309 Å². The summed E-state index contributed by atoms with van der Waals surface area (Å²) in [4.78, 5) is 10.7. The molecule has 53 heavy (non-hydrogen) atoms. The van der Waals surface area contributed by atoms with E-state index in [-0.39, 0.29) is 0 Å². The molecule has 0 saturated carbocycles. The maximum atomic E-state index is 6.66. The first-order valence-corrected chi connectivity index (χ1v) is 18.8. The molecule has 1 aliphatic heterocycles. The molecule has 10 aromatic rings. The Balaban J connectivity index is 1.18. The van der Waals surface area contributed by atoms with Crippen LogP contribution in [-0.4, -0.2) is 9.97 Å². The summed E-state index contributed by atoms with van der Waals surface area (Å²) in [7, 11) is 0. The van der Waals surface area contributed by atoms with E-state index in [1.54, 1.807) is 11.3 Å². The minimum absolute atomic E-state index is 0.594. The Hall–Kier alpha value is -6.62.